The standard InChI is InChI=1S/C9H15N5O2/c1-6-3-14(9(16)12-8(6)15)5-7(10)4-13(2)11/h3-4H,5,10-11H2,1-2H3,(H,12,15,16)/b7-4-. The van der Waals surface area contributed by atoms with E-state index in [0.29, 0.717) is 11.3 Å². The van der Waals surface area contributed by atoms with Crippen molar-refractivity contribution in [1.29, 1.82) is 0 Å². The molecule has 1 aromatic heterocycles. The van der Waals surface area contributed by atoms with E-state index < -0.39 is 5.69 Å². The van der Waals surface area contributed by atoms with Crippen molar-refractivity contribution in [2.24, 2.45) is 11.6 Å². The van der Waals surface area contributed by atoms with Crippen LogP contribution < -0.4 is 22.8 Å². The maximum atomic E-state index is 11.4. The molecule has 7 nitrogen and oxygen atoms in total. The number of aryl methyl sites for hydroxylation is 1. The molecule has 0 amide bonds. The zero-order valence-corrected chi connectivity index (χ0v) is 9.23. The number of hydrazine groups is 1. The minimum atomic E-state index is -0.494. The molecule has 0 aliphatic rings. The second-order valence-corrected chi connectivity index (χ2v) is 3.57. The van der Waals surface area contributed by atoms with E-state index in [-0.39, 0.29) is 12.1 Å². The van der Waals surface area contributed by atoms with Crippen LogP contribution in [0.15, 0.2) is 27.7 Å². The predicted octanol–water partition coefficient (Wildman–Crippen LogP) is -1.55. The van der Waals surface area contributed by atoms with Crippen LogP contribution in [0.3, 0.4) is 0 Å². The molecule has 0 saturated heterocycles. The highest BCUT2D eigenvalue weighted by Crippen LogP contribution is 1.91. The molecular formula is C9H15N5O2. The lowest BCUT2D eigenvalue weighted by molar-refractivity contribution is 0.475. The van der Waals surface area contributed by atoms with Crippen LogP contribution in [0.25, 0.3) is 0 Å². The van der Waals surface area contributed by atoms with Crippen LogP contribution in [0.5, 0.6) is 0 Å². The van der Waals surface area contributed by atoms with Gasteiger partial charge in [0, 0.05) is 30.7 Å². The number of aromatic nitrogens is 2. The van der Waals surface area contributed by atoms with Gasteiger partial charge in [0.25, 0.3) is 5.56 Å². The van der Waals surface area contributed by atoms with Crippen molar-refractivity contribution in [2.75, 3.05) is 7.05 Å². The molecule has 16 heavy (non-hydrogen) atoms. The van der Waals surface area contributed by atoms with Crippen molar-refractivity contribution in [1.82, 2.24) is 14.6 Å². The Bertz CT molecular complexity index is 511. The fraction of sp³-hybridized carbons (Fsp3) is 0.333. The van der Waals surface area contributed by atoms with Crippen LogP contribution in [0.4, 0.5) is 0 Å². The van der Waals surface area contributed by atoms with Crippen molar-refractivity contribution >= 4 is 0 Å². The van der Waals surface area contributed by atoms with Gasteiger partial charge in [0.2, 0.25) is 0 Å². The van der Waals surface area contributed by atoms with E-state index in [1.165, 1.54) is 22.0 Å². The number of rotatable bonds is 3. The lowest BCUT2D eigenvalue weighted by Crippen LogP contribution is -2.32. The third-order valence-electron chi connectivity index (χ3n) is 1.91. The zero-order valence-electron chi connectivity index (χ0n) is 9.23. The van der Waals surface area contributed by atoms with Crippen LogP contribution in [-0.4, -0.2) is 21.6 Å². The van der Waals surface area contributed by atoms with E-state index in [1.54, 1.807) is 14.0 Å². The Balaban J connectivity index is 3.03. The summed E-state index contributed by atoms with van der Waals surface area (Å²) in [6.07, 6.45) is 2.95. The van der Waals surface area contributed by atoms with Gasteiger partial charge in [-0.2, -0.15) is 0 Å². The van der Waals surface area contributed by atoms with E-state index in [1.807, 2.05) is 0 Å². The maximum absolute atomic E-state index is 11.4. The van der Waals surface area contributed by atoms with E-state index >= 15 is 0 Å². The second kappa shape index (κ2) is 4.67. The second-order valence-electron chi connectivity index (χ2n) is 3.57. The molecule has 5 N–H and O–H groups in total. The Kier molecular flexibility index (Phi) is 3.51. The third-order valence-corrected chi connectivity index (χ3v) is 1.91. The van der Waals surface area contributed by atoms with Crippen molar-refractivity contribution < 1.29 is 0 Å². The van der Waals surface area contributed by atoms with Crippen LogP contribution in [-0.2, 0) is 6.54 Å². The first kappa shape index (κ1) is 12.1. The molecule has 0 fully saturated rings. The Labute approximate surface area is 91.9 Å². The molecule has 1 heterocycles. The Morgan fingerprint density at radius 1 is 1.62 bits per heavy atom. The fourth-order valence-corrected chi connectivity index (χ4v) is 1.24. The highest BCUT2D eigenvalue weighted by atomic mass is 16.2. The maximum Gasteiger partial charge on any atom is 0.328 e. The normalized spacial score (nSPS) is 11.6. The highest BCUT2D eigenvalue weighted by Gasteiger charge is 2.01. The van der Waals surface area contributed by atoms with Gasteiger partial charge in [-0.3, -0.25) is 14.3 Å². The first-order chi connectivity index (χ1) is 7.40. The molecule has 88 valence electrons. The van der Waals surface area contributed by atoms with Gasteiger partial charge in [0.05, 0.1) is 6.54 Å². The van der Waals surface area contributed by atoms with Gasteiger partial charge in [-0.25, -0.2) is 10.6 Å². The minimum absolute atomic E-state index is 0.179. The van der Waals surface area contributed by atoms with Crippen LogP contribution in [0, 0.1) is 6.92 Å². The number of nitrogens with two attached hydrogens (primary N) is 2. The van der Waals surface area contributed by atoms with Crippen LogP contribution in [0.1, 0.15) is 5.56 Å². The molecule has 0 atom stereocenters. The van der Waals surface area contributed by atoms with Gasteiger partial charge in [0.15, 0.2) is 0 Å². The highest BCUT2D eigenvalue weighted by molar-refractivity contribution is 5.03. The number of nitrogens with zero attached hydrogens (tertiary/aromatic N) is 2. The molecular weight excluding hydrogens is 210 g/mol. The van der Waals surface area contributed by atoms with Crippen molar-refractivity contribution in [3.05, 3.63) is 44.5 Å². The smallest absolute Gasteiger partial charge is 0.328 e. The average Bonchev–Trinajstić information content (AvgIpc) is 2.12. The summed E-state index contributed by atoms with van der Waals surface area (Å²) in [7, 11) is 1.62. The van der Waals surface area contributed by atoms with Crippen molar-refractivity contribution in [3.8, 4) is 0 Å². The van der Waals surface area contributed by atoms with Gasteiger partial charge < -0.3 is 10.7 Å². The molecule has 0 radical (unpaired) electrons. The Morgan fingerprint density at radius 3 is 2.81 bits per heavy atom. The lowest BCUT2D eigenvalue weighted by Gasteiger charge is -2.09. The quantitative estimate of drug-likeness (QED) is 0.426. The van der Waals surface area contributed by atoms with Gasteiger partial charge >= 0.3 is 5.69 Å². The Hall–Kier alpha value is -2.02. The molecule has 0 bridgehead atoms. The summed E-state index contributed by atoms with van der Waals surface area (Å²) in [5.74, 6) is 5.37. The monoisotopic (exact) mass is 225 g/mol. The summed E-state index contributed by atoms with van der Waals surface area (Å²) in [5.41, 5.74) is 5.64. The predicted molar refractivity (Wildman–Crippen MR) is 60.3 cm³/mol. The molecule has 0 aromatic carbocycles. The number of H-pyrrole nitrogens is 1. The molecule has 0 saturated carbocycles. The first-order valence-corrected chi connectivity index (χ1v) is 4.64. The molecule has 0 aliphatic carbocycles. The van der Waals surface area contributed by atoms with Crippen molar-refractivity contribution in [2.45, 2.75) is 13.5 Å². The molecule has 1 rings (SSSR count). The number of allylic oxidation sites excluding steroid dienone is 1. The summed E-state index contributed by atoms with van der Waals surface area (Å²) >= 11 is 0. The van der Waals surface area contributed by atoms with Gasteiger partial charge in [-0.05, 0) is 6.92 Å². The van der Waals surface area contributed by atoms with Crippen LogP contribution in [0.2, 0.25) is 0 Å². The number of hydrogen-bond donors (Lipinski definition) is 3. The summed E-state index contributed by atoms with van der Waals surface area (Å²) in [6.45, 7) is 1.79. The topological polar surface area (TPSA) is 110 Å². The van der Waals surface area contributed by atoms with Crippen LogP contribution >= 0.6 is 0 Å². The summed E-state index contributed by atoms with van der Waals surface area (Å²) in [6, 6.07) is 0. The third kappa shape index (κ3) is 2.99. The molecule has 0 spiro atoms. The number of nitrogens with one attached hydrogen (secondary N) is 1. The lowest BCUT2D eigenvalue weighted by atomic mass is 10.4. The van der Waals surface area contributed by atoms with Gasteiger partial charge in [-0.1, -0.05) is 0 Å². The van der Waals surface area contributed by atoms with Gasteiger partial charge in [0.1, 0.15) is 0 Å². The van der Waals surface area contributed by atoms with Crippen molar-refractivity contribution in [3.63, 3.8) is 0 Å². The SMILES string of the molecule is Cc1cn(C/C(N)=C/N(C)N)c(=O)[nH]c1=O. The number of hydrogen-bond acceptors (Lipinski definition) is 5. The molecule has 0 aliphatic heterocycles. The summed E-state index contributed by atoms with van der Waals surface area (Å²) in [4.78, 5) is 24.7. The fourth-order valence-electron chi connectivity index (χ4n) is 1.24. The zero-order chi connectivity index (χ0) is 12.3. The van der Waals surface area contributed by atoms with E-state index in [0.717, 1.165) is 0 Å². The molecule has 1 aromatic rings. The minimum Gasteiger partial charge on any atom is -0.399 e. The Morgan fingerprint density at radius 2 is 2.25 bits per heavy atom. The van der Waals surface area contributed by atoms with E-state index in [2.05, 4.69) is 4.98 Å². The average molecular weight is 225 g/mol. The van der Waals surface area contributed by atoms with Gasteiger partial charge in [-0.15, -0.1) is 0 Å². The van der Waals surface area contributed by atoms with E-state index in [9.17, 15) is 9.59 Å². The summed E-state index contributed by atoms with van der Waals surface area (Å²) in [5, 5.41) is 1.29. The summed E-state index contributed by atoms with van der Waals surface area (Å²) < 4.78 is 1.31. The largest absolute Gasteiger partial charge is 0.399 e. The number of aromatic amines is 1. The molecule has 0 unspecified atom stereocenters. The molecule has 7 heteroatoms. The first-order valence-electron chi connectivity index (χ1n) is 4.64. The van der Waals surface area contributed by atoms with E-state index in [4.69, 9.17) is 11.6 Å².